The van der Waals surface area contributed by atoms with E-state index in [2.05, 4.69) is 29.1 Å². The van der Waals surface area contributed by atoms with E-state index >= 15 is 0 Å². The van der Waals surface area contributed by atoms with Gasteiger partial charge in [0.15, 0.2) is 6.29 Å². The van der Waals surface area contributed by atoms with E-state index in [1.54, 1.807) is 12.2 Å². The van der Waals surface area contributed by atoms with Crippen molar-refractivity contribution in [3.05, 3.63) is 65.8 Å². The van der Waals surface area contributed by atoms with Gasteiger partial charge in [0.1, 0.15) is 5.84 Å². The fourth-order valence-electron chi connectivity index (χ4n) is 2.25. The van der Waals surface area contributed by atoms with E-state index in [1.807, 2.05) is 51.1 Å². The molecule has 0 bridgehead atoms. The van der Waals surface area contributed by atoms with Crippen LogP contribution in [0.3, 0.4) is 0 Å². The van der Waals surface area contributed by atoms with Crippen LogP contribution >= 0.6 is 15.9 Å². The minimum Gasteiger partial charge on any atom is -0.362 e. The molecule has 0 spiro atoms. The Morgan fingerprint density at radius 1 is 1.35 bits per heavy atom. The summed E-state index contributed by atoms with van der Waals surface area (Å²) in [6.07, 6.45) is 6.12. The molecule has 0 aliphatic heterocycles. The molecule has 3 nitrogen and oxygen atoms in total. The number of benzene rings is 1. The number of aryl methyl sites for hydroxylation is 1. The zero-order valence-electron chi connectivity index (χ0n) is 14.1. The van der Waals surface area contributed by atoms with Crippen LogP contribution in [-0.4, -0.2) is 31.1 Å². The minimum atomic E-state index is 0.0822. The maximum absolute atomic E-state index is 11.5. The van der Waals surface area contributed by atoms with Crippen molar-refractivity contribution in [2.24, 2.45) is 4.99 Å². The first kappa shape index (κ1) is 19.1. The Morgan fingerprint density at radius 2 is 2.00 bits per heavy atom. The summed E-state index contributed by atoms with van der Waals surface area (Å²) in [5, 5.41) is 0. The Labute approximate surface area is 147 Å². The lowest BCUT2D eigenvalue weighted by Gasteiger charge is -2.19. The van der Waals surface area contributed by atoms with Crippen molar-refractivity contribution in [3.63, 3.8) is 0 Å². The van der Waals surface area contributed by atoms with Gasteiger partial charge in [0, 0.05) is 30.1 Å². The second-order valence-electron chi connectivity index (χ2n) is 5.42. The highest BCUT2D eigenvalue weighted by Gasteiger charge is 2.15. The van der Waals surface area contributed by atoms with Crippen molar-refractivity contribution in [1.29, 1.82) is 0 Å². The van der Waals surface area contributed by atoms with Crippen LogP contribution in [0.5, 0.6) is 0 Å². The zero-order valence-corrected chi connectivity index (χ0v) is 15.7. The molecule has 0 N–H and O–H groups in total. The van der Waals surface area contributed by atoms with Gasteiger partial charge in [-0.3, -0.25) is 4.79 Å². The number of rotatable bonds is 6. The van der Waals surface area contributed by atoms with Crippen molar-refractivity contribution >= 4 is 33.7 Å². The number of nitrogens with zero attached hydrogens (tertiary/aromatic N) is 2. The standard InChI is InChI=1S/C19H23BrN2O/c1-7-9-15(8-2)19(22(5)6)21-18-16(12-23)10-13(3)11-17(18)14(4)20/h7-12,14H,1-2H2,3-6H3/b15-9+,21-19?. The van der Waals surface area contributed by atoms with Gasteiger partial charge >= 0.3 is 0 Å². The Kier molecular flexibility index (Phi) is 7.17. The molecule has 0 aliphatic carbocycles. The molecule has 23 heavy (non-hydrogen) atoms. The lowest BCUT2D eigenvalue weighted by Crippen LogP contribution is -2.23. The highest BCUT2D eigenvalue weighted by molar-refractivity contribution is 9.09. The zero-order chi connectivity index (χ0) is 17.6. The van der Waals surface area contributed by atoms with E-state index in [-0.39, 0.29) is 4.83 Å². The molecule has 0 amide bonds. The van der Waals surface area contributed by atoms with Crippen LogP contribution < -0.4 is 0 Å². The maximum atomic E-state index is 11.5. The molecule has 1 rings (SSSR count). The van der Waals surface area contributed by atoms with E-state index < -0.39 is 0 Å². The molecule has 0 aliphatic rings. The van der Waals surface area contributed by atoms with Gasteiger partial charge < -0.3 is 4.90 Å². The largest absolute Gasteiger partial charge is 0.362 e. The Balaban J connectivity index is 3.71. The lowest BCUT2D eigenvalue weighted by molar-refractivity contribution is 0.112. The smallest absolute Gasteiger partial charge is 0.152 e. The van der Waals surface area contributed by atoms with Gasteiger partial charge in [-0.05, 0) is 31.0 Å². The first-order valence-electron chi connectivity index (χ1n) is 7.31. The third kappa shape index (κ3) is 4.76. The molecule has 0 saturated heterocycles. The van der Waals surface area contributed by atoms with Gasteiger partial charge in [-0.25, -0.2) is 4.99 Å². The topological polar surface area (TPSA) is 32.7 Å². The summed E-state index contributed by atoms with van der Waals surface area (Å²) in [6, 6.07) is 3.89. The van der Waals surface area contributed by atoms with Crippen molar-refractivity contribution in [2.75, 3.05) is 14.1 Å². The van der Waals surface area contributed by atoms with Crippen LogP contribution in [0.2, 0.25) is 0 Å². The van der Waals surface area contributed by atoms with Crippen molar-refractivity contribution in [3.8, 4) is 0 Å². The average Bonchev–Trinajstić information content (AvgIpc) is 2.50. The Hall–Kier alpha value is -1.94. The fraction of sp³-hybridized carbons (Fsp3) is 0.263. The van der Waals surface area contributed by atoms with Crippen LogP contribution in [0.1, 0.15) is 33.2 Å². The molecular formula is C19H23BrN2O. The molecule has 0 fully saturated rings. The van der Waals surface area contributed by atoms with Gasteiger partial charge in [0.2, 0.25) is 0 Å². The van der Waals surface area contributed by atoms with Crippen molar-refractivity contribution in [2.45, 2.75) is 18.7 Å². The monoisotopic (exact) mass is 374 g/mol. The van der Waals surface area contributed by atoms with Crippen molar-refractivity contribution < 1.29 is 4.79 Å². The second kappa shape index (κ2) is 8.63. The molecular weight excluding hydrogens is 352 g/mol. The molecule has 1 aromatic carbocycles. The first-order valence-corrected chi connectivity index (χ1v) is 8.22. The number of halogens is 1. The third-order valence-corrected chi connectivity index (χ3v) is 3.78. The predicted octanol–water partition coefficient (Wildman–Crippen LogP) is 5.15. The summed E-state index contributed by atoms with van der Waals surface area (Å²) in [4.78, 5) is 18.3. The summed E-state index contributed by atoms with van der Waals surface area (Å²) in [5.74, 6) is 0.723. The van der Waals surface area contributed by atoms with Gasteiger partial charge in [0.25, 0.3) is 0 Å². The SMILES string of the molecule is C=C/C=C(\C=C)C(=Nc1c(C=O)cc(C)cc1C(C)Br)N(C)C. The average molecular weight is 375 g/mol. The quantitative estimate of drug-likeness (QED) is 0.226. The van der Waals surface area contributed by atoms with Gasteiger partial charge in [-0.15, -0.1) is 0 Å². The molecule has 0 aromatic heterocycles. The minimum absolute atomic E-state index is 0.0822. The number of aliphatic imine (C=N–C) groups is 1. The van der Waals surface area contributed by atoms with Gasteiger partial charge in [-0.2, -0.15) is 0 Å². The van der Waals surface area contributed by atoms with Crippen molar-refractivity contribution in [1.82, 2.24) is 4.90 Å². The first-order chi connectivity index (χ1) is 10.8. The number of aldehydes is 1. The van der Waals surface area contributed by atoms with Crippen LogP contribution in [0.4, 0.5) is 5.69 Å². The highest BCUT2D eigenvalue weighted by Crippen LogP contribution is 2.35. The van der Waals surface area contributed by atoms with Crippen LogP contribution in [-0.2, 0) is 0 Å². The molecule has 1 unspecified atom stereocenters. The number of allylic oxidation sites excluding steroid dienone is 2. The summed E-state index contributed by atoms with van der Waals surface area (Å²) >= 11 is 3.59. The highest BCUT2D eigenvalue weighted by atomic mass is 79.9. The molecule has 1 aromatic rings. The summed E-state index contributed by atoms with van der Waals surface area (Å²) in [7, 11) is 3.82. The molecule has 122 valence electrons. The number of carbonyl (C=O) groups excluding carboxylic acids is 1. The number of amidine groups is 1. The van der Waals surface area contributed by atoms with Gasteiger partial charge in [-0.1, -0.05) is 53.4 Å². The third-order valence-electron chi connectivity index (χ3n) is 3.29. The number of hydrogen-bond acceptors (Lipinski definition) is 2. The van der Waals surface area contributed by atoms with E-state index in [0.717, 1.165) is 28.8 Å². The van der Waals surface area contributed by atoms with E-state index in [9.17, 15) is 4.79 Å². The summed E-state index contributed by atoms with van der Waals surface area (Å²) in [6.45, 7) is 11.6. The molecule has 4 heteroatoms. The summed E-state index contributed by atoms with van der Waals surface area (Å²) < 4.78 is 0. The molecule has 0 radical (unpaired) electrons. The number of hydrogen-bond donors (Lipinski definition) is 0. The Bertz CT molecular complexity index is 670. The molecule has 1 atom stereocenters. The van der Waals surface area contributed by atoms with Gasteiger partial charge in [0.05, 0.1) is 5.69 Å². The normalized spacial score (nSPS) is 13.4. The van der Waals surface area contributed by atoms with Crippen LogP contribution in [0.15, 0.2) is 54.1 Å². The van der Waals surface area contributed by atoms with E-state index in [0.29, 0.717) is 11.3 Å². The maximum Gasteiger partial charge on any atom is 0.152 e. The lowest BCUT2D eigenvalue weighted by atomic mass is 10.0. The predicted molar refractivity (Wildman–Crippen MR) is 103 cm³/mol. The summed E-state index contributed by atoms with van der Waals surface area (Å²) in [5.41, 5.74) is 4.11. The van der Waals surface area contributed by atoms with Crippen LogP contribution in [0.25, 0.3) is 0 Å². The number of likely N-dealkylation sites (N-methyl/N-ethyl adjacent to an activating group) is 1. The molecule has 0 heterocycles. The van der Waals surface area contributed by atoms with E-state index in [4.69, 9.17) is 4.99 Å². The fourth-order valence-corrected chi connectivity index (χ4v) is 2.60. The Morgan fingerprint density at radius 3 is 2.43 bits per heavy atom. The van der Waals surface area contributed by atoms with Crippen LogP contribution in [0, 0.1) is 6.92 Å². The molecule has 0 saturated carbocycles. The number of alkyl halides is 1. The number of carbonyl (C=O) groups is 1. The van der Waals surface area contributed by atoms with E-state index in [1.165, 1.54) is 0 Å². The second-order valence-corrected chi connectivity index (χ2v) is 6.79.